The SMILES string of the molecule is CN1CCCC(CNCc2cccc(C(F)(F)F)c2)C1. The Morgan fingerprint density at radius 3 is 2.85 bits per heavy atom. The van der Waals surface area contributed by atoms with Crippen molar-refractivity contribution in [1.29, 1.82) is 0 Å². The minimum atomic E-state index is -4.26. The molecule has 1 aliphatic heterocycles. The maximum absolute atomic E-state index is 12.6. The Bertz CT molecular complexity index is 431. The molecule has 1 aliphatic rings. The average molecular weight is 286 g/mol. The molecule has 5 heteroatoms. The number of piperidine rings is 1. The fourth-order valence-electron chi connectivity index (χ4n) is 2.72. The predicted molar refractivity (Wildman–Crippen MR) is 73.4 cm³/mol. The van der Waals surface area contributed by atoms with Crippen LogP contribution in [0.5, 0.6) is 0 Å². The fraction of sp³-hybridized carbons (Fsp3) is 0.600. The van der Waals surface area contributed by atoms with Crippen molar-refractivity contribution in [3.63, 3.8) is 0 Å². The molecule has 2 rings (SSSR count). The number of nitrogens with zero attached hydrogens (tertiary/aromatic N) is 1. The summed E-state index contributed by atoms with van der Waals surface area (Å²) in [5.74, 6) is 0.597. The summed E-state index contributed by atoms with van der Waals surface area (Å²) >= 11 is 0. The summed E-state index contributed by atoms with van der Waals surface area (Å²) in [7, 11) is 2.11. The molecule has 0 spiro atoms. The van der Waals surface area contributed by atoms with Gasteiger partial charge in [-0.2, -0.15) is 13.2 Å². The quantitative estimate of drug-likeness (QED) is 0.915. The summed E-state index contributed by atoms with van der Waals surface area (Å²) in [4.78, 5) is 2.31. The Labute approximate surface area is 118 Å². The van der Waals surface area contributed by atoms with Gasteiger partial charge in [-0.05, 0) is 50.5 Å². The van der Waals surface area contributed by atoms with E-state index in [0.717, 1.165) is 25.7 Å². The number of hydrogen-bond donors (Lipinski definition) is 1. The minimum absolute atomic E-state index is 0.490. The third-order valence-electron chi connectivity index (χ3n) is 3.74. The minimum Gasteiger partial charge on any atom is -0.312 e. The molecule has 1 fully saturated rings. The molecule has 112 valence electrons. The van der Waals surface area contributed by atoms with Gasteiger partial charge >= 0.3 is 6.18 Å². The molecule has 1 aromatic carbocycles. The van der Waals surface area contributed by atoms with E-state index in [1.54, 1.807) is 6.07 Å². The first-order chi connectivity index (χ1) is 9.45. The Balaban J connectivity index is 1.82. The van der Waals surface area contributed by atoms with E-state index < -0.39 is 11.7 Å². The molecule has 1 saturated heterocycles. The van der Waals surface area contributed by atoms with Crippen molar-refractivity contribution in [1.82, 2.24) is 10.2 Å². The van der Waals surface area contributed by atoms with Crippen molar-refractivity contribution in [3.05, 3.63) is 35.4 Å². The lowest BCUT2D eigenvalue weighted by atomic mass is 9.98. The summed E-state index contributed by atoms with van der Waals surface area (Å²) in [5, 5.41) is 3.28. The molecule has 0 radical (unpaired) electrons. The van der Waals surface area contributed by atoms with Crippen molar-refractivity contribution in [3.8, 4) is 0 Å². The Morgan fingerprint density at radius 1 is 1.35 bits per heavy atom. The van der Waals surface area contributed by atoms with Crippen molar-refractivity contribution >= 4 is 0 Å². The summed E-state index contributed by atoms with van der Waals surface area (Å²) in [6.07, 6.45) is -1.87. The maximum atomic E-state index is 12.6. The Hall–Kier alpha value is -1.07. The van der Waals surface area contributed by atoms with Gasteiger partial charge in [0.05, 0.1) is 5.56 Å². The topological polar surface area (TPSA) is 15.3 Å². The molecule has 0 aliphatic carbocycles. The van der Waals surface area contributed by atoms with Crippen molar-refractivity contribution in [2.24, 2.45) is 5.92 Å². The van der Waals surface area contributed by atoms with E-state index in [-0.39, 0.29) is 0 Å². The van der Waals surface area contributed by atoms with Gasteiger partial charge in [0.1, 0.15) is 0 Å². The molecule has 20 heavy (non-hydrogen) atoms. The molecule has 0 saturated carbocycles. The van der Waals surface area contributed by atoms with Crippen LogP contribution in [0.3, 0.4) is 0 Å². The number of benzene rings is 1. The van der Waals surface area contributed by atoms with Crippen LogP contribution < -0.4 is 5.32 Å². The van der Waals surface area contributed by atoms with Crippen LogP contribution in [0, 0.1) is 5.92 Å². The summed E-state index contributed by atoms with van der Waals surface area (Å²) in [6.45, 7) is 3.56. The van der Waals surface area contributed by atoms with Crippen LogP contribution in [0.4, 0.5) is 13.2 Å². The Kier molecular flexibility index (Phi) is 5.05. The van der Waals surface area contributed by atoms with Crippen molar-refractivity contribution < 1.29 is 13.2 Å². The second-order valence-electron chi connectivity index (χ2n) is 5.60. The van der Waals surface area contributed by atoms with E-state index in [0.29, 0.717) is 18.0 Å². The normalized spacial score (nSPS) is 21.1. The highest BCUT2D eigenvalue weighted by Crippen LogP contribution is 2.29. The Morgan fingerprint density at radius 2 is 2.15 bits per heavy atom. The molecule has 1 atom stereocenters. The highest BCUT2D eigenvalue weighted by molar-refractivity contribution is 5.25. The third-order valence-corrected chi connectivity index (χ3v) is 3.74. The largest absolute Gasteiger partial charge is 0.416 e. The predicted octanol–water partition coefficient (Wildman–Crippen LogP) is 3.14. The molecule has 1 aromatic rings. The molecule has 1 N–H and O–H groups in total. The lowest BCUT2D eigenvalue weighted by Crippen LogP contribution is -2.37. The highest BCUT2D eigenvalue weighted by atomic mass is 19.4. The van der Waals surface area contributed by atoms with Crippen molar-refractivity contribution in [2.45, 2.75) is 25.6 Å². The zero-order valence-electron chi connectivity index (χ0n) is 11.7. The number of hydrogen-bond acceptors (Lipinski definition) is 2. The van der Waals surface area contributed by atoms with E-state index >= 15 is 0 Å². The van der Waals surface area contributed by atoms with Gasteiger partial charge < -0.3 is 10.2 Å². The molecular weight excluding hydrogens is 265 g/mol. The molecule has 1 heterocycles. The van der Waals surface area contributed by atoms with Crippen LogP contribution >= 0.6 is 0 Å². The van der Waals surface area contributed by atoms with Gasteiger partial charge in [-0.1, -0.05) is 18.2 Å². The van der Waals surface area contributed by atoms with Gasteiger partial charge in [0.2, 0.25) is 0 Å². The summed E-state index contributed by atoms with van der Waals surface area (Å²) in [5.41, 5.74) is 0.109. The van der Waals surface area contributed by atoms with Crippen LogP contribution in [0.25, 0.3) is 0 Å². The first-order valence-corrected chi connectivity index (χ1v) is 7.00. The molecule has 0 bridgehead atoms. The first-order valence-electron chi connectivity index (χ1n) is 7.00. The van der Waals surface area contributed by atoms with Gasteiger partial charge in [-0.15, -0.1) is 0 Å². The van der Waals surface area contributed by atoms with E-state index in [1.807, 2.05) is 0 Å². The van der Waals surface area contributed by atoms with Gasteiger partial charge in [0.15, 0.2) is 0 Å². The maximum Gasteiger partial charge on any atom is 0.416 e. The zero-order chi connectivity index (χ0) is 14.6. The van der Waals surface area contributed by atoms with E-state index in [1.165, 1.54) is 25.0 Å². The average Bonchev–Trinajstić information content (AvgIpc) is 2.38. The van der Waals surface area contributed by atoms with E-state index in [9.17, 15) is 13.2 Å². The molecule has 1 unspecified atom stereocenters. The summed E-state index contributed by atoms with van der Waals surface area (Å²) < 4.78 is 37.8. The summed E-state index contributed by atoms with van der Waals surface area (Å²) in [6, 6.07) is 5.53. The lowest BCUT2D eigenvalue weighted by Gasteiger charge is -2.29. The number of nitrogens with one attached hydrogen (secondary N) is 1. The molecule has 2 nitrogen and oxygen atoms in total. The lowest BCUT2D eigenvalue weighted by molar-refractivity contribution is -0.137. The van der Waals surface area contributed by atoms with Crippen LogP contribution in [-0.4, -0.2) is 31.6 Å². The van der Waals surface area contributed by atoms with E-state index in [4.69, 9.17) is 0 Å². The second-order valence-corrected chi connectivity index (χ2v) is 5.60. The highest BCUT2D eigenvalue weighted by Gasteiger charge is 2.30. The third kappa shape index (κ3) is 4.49. The zero-order valence-corrected chi connectivity index (χ0v) is 11.7. The number of halogens is 3. The van der Waals surface area contributed by atoms with E-state index in [2.05, 4.69) is 17.3 Å². The fourth-order valence-corrected chi connectivity index (χ4v) is 2.72. The van der Waals surface area contributed by atoms with Crippen LogP contribution in [-0.2, 0) is 12.7 Å². The van der Waals surface area contributed by atoms with Crippen LogP contribution in [0.2, 0.25) is 0 Å². The van der Waals surface area contributed by atoms with Gasteiger partial charge in [-0.3, -0.25) is 0 Å². The standard InChI is InChI=1S/C15H21F3N2/c1-20-7-3-5-13(11-20)10-19-9-12-4-2-6-14(8-12)15(16,17)18/h2,4,6,8,13,19H,3,5,7,9-11H2,1H3. The first kappa shape index (κ1) is 15.3. The van der Waals surface area contributed by atoms with Crippen molar-refractivity contribution in [2.75, 3.05) is 26.7 Å². The monoisotopic (exact) mass is 286 g/mol. The smallest absolute Gasteiger partial charge is 0.312 e. The molecule has 0 amide bonds. The van der Waals surface area contributed by atoms with Crippen LogP contribution in [0.1, 0.15) is 24.0 Å². The van der Waals surface area contributed by atoms with Crippen LogP contribution in [0.15, 0.2) is 24.3 Å². The number of rotatable bonds is 4. The number of likely N-dealkylation sites (tertiary alicyclic amines) is 1. The molecular formula is C15H21F3N2. The number of alkyl halides is 3. The molecule has 0 aromatic heterocycles. The van der Waals surface area contributed by atoms with Gasteiger partial charge in [0.25, 0.3) is 0 Å². The van der Waals surface area contributed by atoms with Gasteiger partial charge in [0, 0.05) is 13.1 Å². The second kappa shape index (κ2) is 6.59. The van der Waals surface area contributed by atoms with Gasteiger partial charge in [-0.25, -0.2) is 0 Å².